The van der Waals surface area contributed by atoms with E-state index in [1.54, 1.807) is 0 Å². The Morgan fingerprint density at radius 1 is 1.33 bits per heavy atom. The van der Waals surface area contributed by atoms with Crippen LogP contribution < -0.4 is 0 Å². The first kappa shape index (κ1) is 10.6. The van der Waals surface area contributed by atoms with Gasteiger partial charge in [0, 0.05) is 37.7 Å². The van der Waals surface area contributed by atoms with Crippen molar-refractivity contribution in [2.24, 2.45) is 0 Å². The molecule has 0 amide bonds. The van der Waals surface area contributed by atoms with Crippen LogP contribution in [0, 0.1) is 0 Å². The second-order valence-corrected chi connectivity index (χ2v) is 5.47. The number of imidazole rings is 1. The van der Waals surface area contributed by atoms with Gasteiger partial charge >= 0.3 is 5.97 Å². The molecular formula is C13H17N3O2. The summed E-state index contributed by atoms with van der Waals surface area (Å²) in [6.07, 6.45) is 6.41. The minimum absolute atomic E-state index is 0.0378. The maximum absolute atomic E-state index is 11.6. The van der Waals surface area contributed by atoms with Crippen LogP contribution in [0.4, 0.5) is 0 Å². The van der Waals surface area contributed by atoms with Crippen molar-refractivity contribution in [3.63, 3.8) is 0 Å². The Morgan fingerprint density at radius 2 is 2.22 bits per heavy atom. The molecule has 4 rings (SSSR count). The molecule has 0 radical (unpaired) electrons. The van der Waals surface area contributed by atoms with E-state index in [0.29, 0.717) is 12.6 Å². The third-order valence-electron chi connectivity index (χ3n) is 4.26. The molecule has 0 aromatic carbocycles. The van der Waals surface area contributed by atoms with Gasteiger partial charge in [-0.25, -0.2) is 4.98 Å². The van der Waals surface area contributed by atoms with Gasteiger partial charge in [0.15, 0.2) is 0 Å². The van der Waals surface area contributed by atoms with Crippen molar-refractivity contribution in [3.05, 3.63) is 17.7 Å². The van der Waals surface area contributed by atoms with E-state index in [-0.39, 0.29) is 12.0 Å². The van der Waals surface area contributed by atoms with Gasteiger partial charge in [-0.1, -0.05) is 0 Å². The molecule has 1 saturated heterocycles. The van der Waals surface area contributed by atoms with E-state index in [2.05, 4.69) is 14.5 Å². The first-order valence-corrected chi connectivity index (χ1v) is 6.78. The minimum Gasteiger partial charge on any atom is -0.464 e. The van der Waals surface area contributed by atoms with Gasteiger partial charge < -0.3 is 9.30 Å². The summed E-state index contributed by atoms with van der Waals surface area (Å²) in [5.74, 6) is -0.0555. The fourth-order valence-electron chi connectivity index (χ4n) is 3.10. The fraction of sp³-hybridized carbons (Fsp3) is 0.692. The van der Waals surface area contributed by atoms with E-state index in [4.69, 9.17) is 4.74 Å². The summed E-state index contributed by atoms with van der Waals surface area (Å²) in [5.41, 5.74) is 2.55. The number of rotatable bonds is 2. The van der Waals surface area contributed by atoms with Crippen molar-refractivity contribution >= 4 is 5.97 Å². The van der Waals surface area contributed by atoms with E-state index in [1.807, 2.05) is 6.33 Å². The maximum Gasteiger partial charge on any atom is 0.323 e. The lowest BCUT2D eigenvalue weighted by atomic mass is 10.1. The molecule has 0 N–H and O–H groups in total. The smallest absolute Gasteiger partial charge is 0.323 e. The number of carbonyl (C=O) groups excluding carboxylic acids is 1. The Kier molecular flexibility index (Phi) is 2.24. The molecule has 2 fully saturated rings. The Labute approximate surface area is 106 Å². The molecule has 0 spiro atoms. The zero-order valence-corrected chi connectivity index (χ0v) is 10.3. The van der Waals surface area contributed by atoms with Gasteiger partial charge in [0.2, 0.25) is 0 Å². The number of cyclic esters (lactones) is 1. The summed E-state index contributed by atoms with van der Waals surface area (Å²) in [5, 5.41) is 0. The second-order valence-electron chi connectivity index (χ2n) is 5.47. The third-order valence-corrected chi connectivity index (χ3v) is 4.26. The average molecular weight is 247 g/mol. The summed E-state index contributed by atoms with van der Waals surface area (Å²) >= 11 is 0. The van der Waals surface area contributed by atoms with Gasteiger partial charge in [0.25, 0.3) is 0 Å². The zero-order valence-electron chi connectivity index (χ0n) is 10.3. The van der Waals surface area contributed by atoms with Crippen LogP contribution in [0.25, 0.3) is 0 Å². The van der Waals surface area contributed by atoms with Crippen molar-refractivity contribution in [3.8, 4) is 0 Å². The maximum atomic E-state index is 11.6. The van der Waals surface area contributed by atoms with E-state index >= 15 is 0 Å². The van der Waals surface area contributed by atoms with E-state index in [0.717, 1.165) is 31.6 Å². The van der Waals surface area contributed by atoms with Crippen LogP contribution >= 0.6 is 0 Å². The van der Waals surface area contributed by atoms with Crippen molar-refractivity contribution in [2.45, 2.75) is 44.3 Å². The number of hydrogen-bond donors (Lipinski definition) is 0. The zero-order chi connectivity index (χ0) is 12.1. The largest absolute Gasteiger partial charge is 0.464 e. The van der Waals surface area contributed by atoms with Gasteiger partial charge in [-0.15, -0.1) is 0 Å². The molecule has 1 saturated carbocycles. The highest BCUT2D eigenvalue weighted by molar-refractivity contribution is 5.77. The van der Waals surface area contributed by atoms with Crippen LogP contribution in [-0.4, -0.2) is 39.6 Å². The van der Waals surface area contributed by atoms with E-state index in [9.17, 15) is 4.79 Å². The third kappa shape index (κ3) is 1.57. The normalized spacial score (nSPS) is 28.2. The van der Waals surface area contributed by atoms with Gasteiger partial charge in [-0.2, -0.15) is 0 Å². The lowest BCUT2D eigenvalue weighted by Crippen LogP contribution is -2.42. The lowest BCUT2D eigenvalue weighted by molar-refractivity contribution is -0.142. The number of aromatic nitrogens is 2. The molecule has 18 heavy (non-hydrogen) atoms. The molecule has 96 valence electrons. The van der Waals surface area contributed by atoms with Crippen LogP contribution in [0.1, 0.15) is 36.7 Å². The predicted molar refractivity (Wildman–Crippen MR) is 64.0 cm³/mol. The van der Waals surface area contributed by atoms with Gasteiger partial charge in [-0.3, -0.25) is 9.69 Å². The highest BCUT2D eigenvalue weighted by Crippen LogP contribution is 2.37. The van der Waals surface area contributed by atoms with Crippen molar-refractivity contribution in [1.29, 1.82) is 0 Å². The Hall–Kier alpha value is -1.36. The number of nitrogens with zero attached hydrogens (tertiary/aromatic N) is 3. The number of carbonyl (C=O) groups is 1. The topological polar surface area (TPSA) is 47.4 Å². The molecule has 1 aliphatic carbocycles. The van der Waals surface area contributed by atoms with Crippen LogP contribution in [0.3, 0.4) is 0 Å². The minimum atomic E-state index is -0.0555. The van der Waals surface area contributed by atoms with Crippen LogP contribution in [-0.2, 0) is 22.5 Å². The number of fused-ring (bicyclic) bond motifs is 1. The summed E-state index contributed by atoms with van der Waals surface area (Å²) in [7, 11) is 0. The average Bonchev–Trinajstić information content (AvgIpc) is 2.99. The molecule has 1 aromatic heterocycles. The molecule has 3 aliphatic rings. The van der Waals surface area contributed by atoms with E-state index < -0.39 is 0 Å². The van der Waals surface area contributed by atoms with Crippen molar-refractivity contribution in [2.75, 3.05) is 13.2 Å². The molecule has 1 unspecified atom stereocenters. The van der Waals surface area contributed by atoms with Crippen molar-refractivity contribution < 1.29 is 9.53 Å². The van der Waals surface area contributed by atoms with Crippen LogP contribution in [0.5, 0.6) is 0 Å². The van der Waals surface area contributed by atoms with Crippen molar-refractivity contribution in [1.82, 2.24) is 14.5 Å². The summed E-state index contributed by atoms with van der Waals surface area (Å²) < 4.78 is 7.40. The van der Waals surface area contributed by atoms with Crippen LogP contribution in [0.15, 0.2) is 6.33 Å². The molecule has 5 nitrogen and oxygen atoms in total. The number of hydrogen-bond acceptors (Lipinski definition) is 4. The summed E-state index contributed by atoms with van der Waals surface area (Å²) in [6, 6.07) is 0.661. The summed E-state index contributed by atoms with van der Waals surface area (Å²) in [6.45, 7) is 2.32. The Bertz CT molecular complexity index is 492. The lowest BCUT2D eigenvalue weighted by Gasteiger charge is -2.29. The predicted octanol–water partition coefficient (Wildman–Crippen LogP) is 0.892. The summed E-state index contributed by atoms with van der Waals surface area (Å²) in [4.78, 5) is 18.4. The monoisotopic (exact) mass is 247 g/mol. The van der Waals surface area contributed by atoms with E-state index in [1.165, 1.54) is 18.5 Å². The first-order valence-electron chi connectivity index (χ1n) is 6.78. The number of esters is 1. The molecular weight excluding hydrogens is 230 g/mol. The Morgan fingerprint density at radius 3 is 2.94 bits per heavy atom. The quantitative estimate of drug-likeness (QED) is 0.728. The Balaban J connectivity index is 1.56. The molecule has 1 aromatic rings. The SMILES string of the molecule is O=C1OCCC1N1CCc2c(ncn2C2CC2)C1. The fourth-order valence-corrected chi connectivity index (χ4v) is 3.10. The van der Waals surface area contributed by atoms with Gasteiger partial charge in [-0.05, 0) is 12.8 Å². The van der Waals surface area contributed by atoms with Gasteiger partial charge in [0.05, 0.1) is 18.6 Å². The molecule has 1 atom stereocenters. The molecule has 5 heteroatoms. The molecule has 2 aliphatic heterocycles. The standard InChI is InChI=1S/C13H17N3O2/c17-13-12(4-6-18-13)15-5-3-11-10(7-15)14-8-16(11)9-1-2-9/h8-9,12H,1-7H2. The number of ether oxygens (including phenoxy) is 1. The van der Waals surface area contributed by atoms with Crippen LogP contribution in [0.2, 0.25) is 0 Å². The first-order chi connectivity index (χ1) is 8.83. The molecule has 0 bridgehead atoms. The molecule has 3 heterocycles. The second kappa shape index (κ2) is 3.82. The highest BCUT2D eigenvalue weighted by atomic mass is 16.5. The highest BCUT2D eigenvalue weighted by Gasteiger charge is 2.36. The van der Waals surface area contributed by atoms with Gasteiger partial charge in [0.1, 0.15) is 6.04 Å².